The molecule has 24 heavy (non-hydrogen) atoms. The molecule has 0 unspecified atom stereocenters. The van der Waals surface area contributed by atoms with E-state index in [1.54, 1.807) is 24.2 Å². The maximum absolute atomic E-state index is 12.8. The number of carbonyl (C=O) groups excluding carboxylic acids is 1. The van der Waals surface area contributed by atoms with Crippen molar-refractivity contribution in [3.05, 3.63) is 42.7 Å². The lowest BCUT2D eigenvalue weighted by Crippen LogP contribution is -2.49. The van der Waals surface area contributed by atoms with Gasteiger partial charge in [0.05, 0.1) is 11.0 Å². The van der Waals surface area contributed by atoms with Crippen molar-refractivity contribution in [2.45, 2.75) is 25.1 Å². The number of sulfone groups is 1. The molecular weight excluding hydrogens is 326 g/mol. The van der Waals surface area contributed by atoms with Crippen molar-refractivity contribution in [2.24, 2.45) is 0 Å². The molecule has 3 rings (SSSR count). The van der Waals surface area contributed by atoms with Crippen LogP contribution >= 0.6 is 0 Å². The number of hydrogen-bond acceptors (Lipinski definition) is 4. The van der Waals surface area contributed by atoms with Crippen molar-refractivity contribution in [1.82, 2.24) is 14.5 Å². The number of imidazole rings is 1. The van der Waals surface area contributed by atoms with Gasteiger partial charge in [-0.1, -0.05) is 30.3 Å². The molecule has 7 heteroatoms. The van der Waals surface area contributed by atoms with E-state index in [0.717, 1.165) is 11.4 Å². The predicted molar refractivity (Wildman–Crippen MR) is 92.2 cm³/mol. The first-order valence-corrected chi connectivity index (χ1v) is 9.70. The minimum atomic E-state index is -3.07. The minimum absolute atomic E-state index is 0.0299. The van der Waals surface area contributed by atoms with Crippen LogP contribution in [-0.4, -0.2) is 52.9 Å². The summed E-state index contributed by atoms with van der Waals surface area (Å²) < 4.78 is 25.5. The van der Waals surface area contributed by atoms with Crippen LogP contribution in [0.5, 0.6) is 0 Å². The van der Waals surface area contributed by atoms with E-state index < -0.39 is 21.1 Å². The molecule has 2 aromatic rings. The van der Waals surface area contributed by atoms with Gasteiger partial charge < -0.3 is 9.47 Å². The van der Waals surface area contributed by atoms with E-state index in [1.807, 2.05) is 41.8 Å². The number of rotatable bonds is 3. The molecule has 128 valence electrons. The van der Waals surface area contributed by atoms with Gasteiger partial charge in [0.15, 0.2) is 9.84 Å². The lowest BCUT2D eigenvalue weighted by Gasteiger charge is -2.33. The van der Waals surface area contributed by atoms with Gasteiger partial charge in [0.25, 0.3) is 0 Å². The summed E-state index contributed by atoms with van der Waals surface area (Å²) in [4.78, 5) is 18.8. The van der Waals surface area contributed by atoms with Crippen molar-refractivity contribution in [2.75, 3.05) is 18.8 Å². The molecule has 2 atom stereocenters. The fraction of sp³-hybridized carbons (Fsp3) is 0.412. The third-order valence-electron chi connectivity index (χ3n) is 4.52. The van der Waals surface area contributed by atoms with Crippen molar-refractivity contribution in [3.63, 3.8) is 0 Å². The zero-order chi connectivity index (χ0) is 17.3. The second-order valence-electron chi connectivity index (χ2n) is 6.16. The summed E-state index contributed by atoms with van der Waals surface area (Å²) in [5, 5.41) is -0.515. The molecule has 1 aliphatic rings. The molecule has 0 aliphatic carbocycles. The topological polar surface area (TPSA) is 72.3 Å². The van der Waals surface area contributed by atoms with Gasteiger partial charge in [-0.2, -0.15) is 0 Å². The van der Waals surface area contributed by atoms with Gasteiger partial charge >= 0.3 is 0 Å². The van der Waals surface area contributed by atoms with Crippen LogP contribution in [0.25, 0.3) is 11.4 Å². The molecule has 6 nitrogen and oxygen atoms in total. The highest BCUT2D eigenvalue weighted by Crippen LogP contribution is 2.23. The van der Waals surface area contributed by atoms with Gasteiger partial charge in [-0.15, -0.1) is 0 Å². The Morgan fingerprint density at radius 3 is 2.67 bits per heavy atom. The van der Waals surface area contributed by atoms with Crippen molar-refractivity contribution in [3.8, 4) is 11.4 Å². The van der Waals surface area contributed by atoms with Crippen LogP contribution in [0.1, 0.15) is 19.9 Å². The quantitative estimate of drug-likeness (QED) is 0.848. The second kappa shape index (κ2) is 6.39. The zero-order valence-corrected chi connectivity index (χ0v) is 14.6. The van der Waals surface area contributed by atoms with Crippen molar-refractivity contribution >= 4 is 15.7 Å². The molecule has 0 radical (unpaired) electrons. The molecule has 0 N–H and O–H groups in total. The number of nitrogens with zero attached hydrogens (tertiary/aromatic N) is 3. The Morgan fingerprint density at radius 2 is 2.00 bits per heavy atom. The van der Waals surface area contributed by atoms with E-state index in [4.69, 9.17) is 0 Å². The summed E-state index contributed by atoms with van der Waals surface area (Å²) in [6.07, 6.45) is 3.46. The number of amides is 1. The predicted octanol–water partition coefficient (Wildman–Crippen LogP) is 1.76. The highest BCUT2D eigenvalue weighted by molar-refractivity contribution is 7.92. The zero-order valence-electron chi connectivity index (χ0n) is 13.8. The van der Waals surface area contributed by atoms with Gasteiger partial charge in [0.1, 0.15) is 11.9 Å². The summed E-state index contributed by atoms with van der Waals surface area (Å²) in [6, 6.07) is 9.25. The van der Waals surface area contributed by atoms with Crippen LogP contribution in [0.2, 0.25) is 0 Å². The Kier molecular flexibility index (Phi) is 4.45. The summed E-state index contributed by atoms with van der Waals surface area (Å²) in [7, 11) is -3.07. The number of aromatic nitrogens is 2. The number of hydrogen-bond donors (Lipinski definition) is 0. The normalized spacial score (nSPS) is 21.4. The maximum atomic E-state index is 12.8. The van der Waals surface area contributed by atoms with Gasteiger partial charge in [-0.25, -0.2) is 13.4 Å². The molecular formula is C17H21N3O3S. The maximum Gasteiger partial charge on any atom is 0.245 e. The molecule has 0 bridgehead atoms. The fourth-order valence-electron chi connectivity index (χ4n) is 2.97. The first kappa shape index (κ1) is 16.7. The van der Waals surface area contributed by atoms with Crippen LogP contribution in [0, 0.1) is 0 Å². The Morgan fingerprint density at radius 1 is 1.29 bits per heavy atom. The highest BCUT2D eigenvalue weighted by atomic mass is 32.2. The number of carbonyl (C=O) groups is 1. The molecule has 1 aliphatic heterocycles. The summed E-state index contributed by atoms with van der Waals surface area (Å²) in [5.41, 5.74) is 0.941. The molecule has 1 saturated heterocycles. The van der Waals surface area contributed by atoms with Crippen LogP contribution < -0.4 is 0 Å². The number of benzene rings is 1. The summed E-state index contributed by atoms with van der Waals surface area (Å²) in [5.74, 6) is 0.684. The molecule has 1 aromatic heterocycles. The summed E-state index contributed by atoms with van der Waals surface area (Å²) >= 11 is 0. The smallest absolute Gasteiger partial charge is 0.245 e. The Hall–Kier alpha value is -2.15. The largest absolute Gasteiger partial charge is 0.339 e. The van der Waals surface area contributed by atoms with E-state index in [1.165, 1.54) is 0 Å². The molecule has 2 heterocycles. The van der Waals surface area contributed by atoms with Gasteiger partial charge in [0.2, 0.25) is 5.91 Å². The van der Waals surface area contributed by atoms with Gasteiger partial charge in [-0.05, 0) is 13.8 Å². The van der Waals surface area contributed by atoms with E-state index >= 15 is 0 Å². The molecule has 1 amide bonds. The summed E-state index contributed by atoms with van der Waals surface area (Å²) in [6.45, 7) is 3.99. The molecule has 1 fully saturated rings. The average molecular weight is 347 g/mol. The van der Waals surface area contributed by atoms with E-state index in [-0.39, 0.29) is 24.7 Å². The minimum Gasteiger partial charge on any atom is -0.339 e. The van der Waals surface area contributed by atoms with E-state index in [2.05, 4.69) is 4.98 Å². The van der Waals surface area contributed by atoms with Crippen LogP contribution in [0.15, 0.2) is 42.7 Å². The first-order chi connectivity index (χ1) is 11.4. The Labute approximate surface area is 142 Å². The highest BCUT2D eigenvalue weighted by Gasteiger charge is 2.34. The lowest BCUT2D eigenvalue weighted by atomic mass is 10.2. The second-order valence-corrected chi connectivity index (χ2v) is 8.70. The van der Waals surface area contributed by atoms with Crippen LogP contribution in [0.3, 0.4) is 0 Å². The van der Waals surface area contributed by atoms with Crippen molar-refractivity contribution in [1.29, 1.82) is 0 Å². The van der Waals surface area contributed by atoms with Gasteiger partial charge in [-0.3, -0.25) is 4.79 Å². The Balaban J connectivity index is 1.82. The van der Waals surface area contributed by atoms with Crippen LogP contribution in [-0.2, 0) is 14.6 Å². The monoisotopic (exact) mass is 347 g/mol. The molecule has 1 aromatic carbocycles. The van der Waals surface area contributed by atoms with Crippen LogP contribution in [0.4, 0.5) is 0 Å². The standard InChI is InChI=1S/C17H21N3O3S/c1-13-12-19(10-11-24(13,22)23)17(21)14(2)20-9-8-18-16(20)15-6-4-3-5-7-15/h3-9,13-14H,10-12H2,1-2H3/t13-,14+/m0/s1. The Bertz CT molecular complexity index is 830. The van der Waals surface area contributed by atoms with Gasteiger partial charge in [0, 0.05) is 31.0 Å². The van der Waals surface area contributed by atoms with E-state index in [9.17, 15) is 13.2 Å². The third-order valence-corrected chi connectivity index (χ3v) is 6.65. The van der Waals surface area contributed by atoms with Crippen molar-refractivity contribution < 1.29 is 13.2 Å². The molecule has 0 saturated carbocycles. The fourth-order valence-corrected chi connectivity index (χ4v) is 4.26. The third kappa shape index (κ3) is 3.08. The van der Waals surface area contributed by atoms with E-state index in [0.29, 0.717) is 0 Å². The SMILES string of the molecule is C[C@H](C(=O)N1CCS(=O)(=O)[C@@H](C)C1)n1ccnc1-c1ccccc1. The lowest BCUT2D eigenvalue weighted by molar-refractivity contribution is -0.134. The first-order valence-electron chi connectivity index (χ1n) is 7.99. The molecule has 0 spiro atoms. The average Bonchev–Trinajstić information content (AvgIpc) is 3.06.